The first kappa shape index (κ1) is 16.3. The van der Waals surface area contributed by atoms with Gasteiger partial charge in [0.05, 0.1) is 18.9 Å². The second kappa shape index (κ2) is 6.92. The van der Waals surface area contributed by atoms with E-state index in [2.05, 4.69) is 10.5 Å². The molecule has 3 N–H and O–H groups in total. The van der Waals surface area contributed by atoms with E-state index >= 15 is 0 Å². The van der Waals surface area contributed by atoms with Gasteiger partial charge in [-0.3, -0.25) is 4.79 Å². The number of carbonyl (C=O) groups excluding carboxylic acids is 1. The number of rotatable bonds is 4. The Morgan fingerprint density at radius 1 is 1.08 bits per heavy atom. The Morgan fingerprint density at radius 3 is 2.48 bits per heavy atom. The monoisotopic (exact) mass is 336 g/mol. The number of carbonyl (C=O) groups is 1. The molecule has 3 aromatic carbocycles. The molecule has 0 aliphatic carbocycles. The van der Waals surface area contributed by atoms with Crippen molar-refractivity contribution < 1.29 is 19.7 Å². The van der Waals surface area contributed by atoms with Crippen LogP contribution in [0.25, 0.3) is 10.8 Å². The Hall–Kier alpha value is -3.54. The Labute approximate surface area is 144 Å². The summed E-state index contributed by atoms with van der Waals surface area (Å²) in [6.45, 7) is 0. The number of hydrogen-bond acceptors (Lipinski definition) is 5. The first-order valence-corrected chi connectivity index (χ1v) is 7.50. The number of hydrogen-bond donors (Lipinski definition) is 3. The van der Waals surface area contributed by atoms with Crippen molar-refractivity contribution in [2.24, 2.45) is 5.10 Å². The maximum Gasteiger partial charge on any atom is 0.275 e. The van der Waals surface area contributed by atoms with Crippen LogP contribution < -0.4 is 10.2 Å². The van der Waals surface area contributed by atoms with Crippen molar-refractivity contribution in [2.45, 2.75) is 0 Å². The molecule has 0 saturated heterocycles. The van der Waals surface area contributed by atoms with Crippen LogP contribution >= 0.6 is 0 Å². The summed E-state index contributed by atoms with van der Waals surface area (Å²) in [6.07, 6.45) is 1.29. The van der Waals surface area contributed by atoms with E-state index in [1.165, 1.54) is 31.5 Å². The molecule has 6 heteroatoms. The van der Waals surface area contributed by atoms with Crippen LogP contribution in [-0.2, 0) is 0 Å². The smallest absolute Gasteiger partial charge is 0.275 e. The highest BCUT2D eigenvalue weighted by atomic mass is 16.5. The molecule has 0 bridgehead atoms. The first-order chi connectivity index (χ1) is 12.1. The van der Waals surface area contributed by atoms with Crippen LogP contribution in [0.4, 0.5) is 0 Å². The molecule has 0 aliphatic rings. The first-order valence-electron chi connectivity index (χ1n) is 7.50. The third-order valence-electron chi connectivity index (χ3n) is 3.70. The summed E-state index contributed by atoms with van der Waals surface area (Å²) in [5, 5.41) is 24.7. The Bertz CT molecular complexity index is 967. The lowest BCUT2D eigenvalue weighted by molar-refractivity contribution is 0.0952. The van der Waals surface area contributed by atoms with Crippen LogP contribution in [0.15, 0.2) is 59.7 Å². The lowest BCUT2D eigenvalue weighted by Gasteiger charge is -2.09. The van der Waals surface area contributed by atoms with E-state index in [0.717, 1.165) is 10.8 Å². The molecule has 126 valence electrons. The van der Waals surface area contributed by atoms with E-state index in [1.807, 2.05) is 24.3 Å². The van der Waals surface area contributed by atoms with Crippen LogP contribution in [0.5, 0.6) is 17.2 Å². The fourth-order valence-corrected chi connectivity index (χ4v) is 2.43. The number of amides is 1. The average Bonchev–Trinajstić information content (AvgIpc) is 2.62. The summed E-state index contributed by atoms with van der Waals surface area (Å²) in [4.78, 5) is 12.4. The van der Waals surface area contributed by atoms with E-state index < -0.39 is 5.91 Å². The van der Waals surface area contributed by atoms with Crippen LogP contribution in [0.2, 0.25) is 0 Å². The Morgan fingerprint density at radius 2 is 1.80 bits per heavy atom. The molecule has 0 atom stereocenters. The third-order valence-corrected chi connectivity index (χ3v) is 3.70. The molecule has 0 fully saturated rings. The normalized spacial score (nSPS) is 10.9. The fourth-order valence-electron chi connectivity index (χ4n) is 2.43. The maximum atomic E-state index is 12.4. The fraction of sp³-hybridized carbons (Fsp3) is 0.0526. The van der Waals surface area contributed by atoms with Crippen molar-refractivity contribution in [3.63, 3.8) is 0 Å². The molecule has 0 aliphatic heterocycles. The highest BCUT2D eigenvalue weighted by Crippen LogP contribution is 2.26. The van der Waals surface area contributed by atoms with Crippen LogP contribution in [0.3, 0.4) is 0 Å². The number of nitrogens with zero attached hydrogens (tertiary/aromatic N) is 1. The molecule has 0 aromatic heterocycles. The summed E-state index contributed by atoms with van der Waals surface area (Å²) < 4.78 is 5.29. The van der Waals surface area contributed by atoms with Gasteiger partial charge >= 0.3 is 0 Å². The van der Waals surface area contributed by atoms with E-state index in [9.17, 15) is 15.0 Å². The van der Waals surface area contributed by atoms with Crippen molar-refractivity contribution >= 4 is 22.9 Å². The van der Waals surface area contributed by atoms with E-state index in [-0.39, 0.29) is 11.5 Å². The predicted octanol–water partition coefficient (Wildman–Crippen LogP) is 3.02. The third kappa shape index (κ3) is 3.53. The molecule has 1 amide bonds. The molecule has 25 heavy (non-hydrogen) atoms. The second-order valence-electron chi connectivity index (χ2n) is 5.34. The van der Waals surface area contributed by atoms with Gasteiger partial charge < -0.3 is 14.9 Å². The number of nitrogens with one attached hydrogen (secondary N) is 1. The SMILES string of the molecule is COc1cc2ccccc2cc1C(=O)N/N=C\c1ccc(O)cc1O. The van der Waals surface area contributed by atoms with Gasteiger partial charge in [-0.05, 0) is 35.0 Å². The number of benzene rings is 3. The number of methoxy groups -OCH3 is 1. The summed E-state index contributed by atoms with van der Waals surface area (Å²) >= 11 is 0. The second-order valence-corrected chi connectivity index (χ2v) is 5.34. The van der Waals surface area contributed by atoms with Crippen molar-refractivity contribution in [1.82, 2.24) is 5.43 Å². The lowest BCUT2D eigenvalue weighted by atomic mass is 10.1. The zero-order valence-corrected chi connectivity index (χ0v) is 13.4. The number of phenolic OH excluding ortho intramolecular Hbond substituents is 2. The van der Waals surface area contributed by atoms with Gasteiger partial charge in [0.15, 0.2) is 0 Å². The molecule has 0 spiro atoms. The van der Waals surface area contributed by atoms with E-state index in [4.69, 9.17) is 4.74 Å². The Kier molecular flexibility index (Phi) is 4.52. The molecule has 0 radical (unpaired) electrons. The summed E-state index contributed by atoms with van der Waals surface area (Å²) in [5.41, 5.74) is 3.12. The number of ether oxygens (including phenoxy) is 1. The molecular weight excluding hydrogens is 320 g/mol. The number of fused-ring (bicyclic) bond motifs is 1. The number of aromatic hydroxyl groups is 2. The number of hydrazone groups is 1. The van der Waals surface area contributed by atoms with Crippen molar-refractivity contribution in [3.05, 3.63) is 65.7 Å². The molecule has 0 unspecified atom stereocenters. The molecule has 6 nitrogen and oxygen atoms in total. The quantitative estimate of drug-likeness (QED) is 0.504. The summed E-state index contributed by atoms with van der Waals surface area (Å²) in [5.74, 6) is -0.183. The number of phenols is 2. The standard InChI is InChI=1S/C19H16N2O4/c1-25-18-9-13-5-3-2-4-12(13)8-16(18)19(24)21-20-11-14-6-7-15(22)10-17(14)23/h2-11,22-23H,1H3,(H,21,24)/b20-11-. The summed E-state index contributed by atoms with van der Waals surface area (Å²) in [7, 11) is 1.50. The van der Waals surface area contributed by atoms with Gasteiger partial charge in [0.25, 0.3) is 5.91 Å². The van der Waals surface area contributed by atoms with E-state index in [1.54, 1.807) is 12.1 Å². The van der Waals surface area contributed by atoms with Gasteiger partial charge in [-0.15, -0.1) is 0 Å². The van der Waals surface area contributed by atoms with Gasteiger partial charge in [0, 0.05) is 11.6 Å². The van der Waals surface area contributed by atoms with Gasteiger partial charge in [0.1, 0.15) is 17.2 Å². The minimum atomic E-state index is -0.433. The van der Waals surface area contributed by atoms with Crippen LogP contribution in [0.1, 0.15) is 15.9 Å². The zero-order valence-electron chi connectivity index (χ0n) is 13.4. The minimum Gasteiger partial charge on any atom is -0.508 e. The van der Waals surface area contributed by atoms with Crippen molar-refractivity contribution in [3.8, 4) is 17.2 Å². The molecule has 0 saturated carbocycles. The molecule has 3 rings (SSSR count). The van der Waals surface area contributed by atoms with Gasteiger partial charge in [-0.2, -0.15) is 5.10 Å². The minimum absolute atomic E-state index is 0.0559. The zero-order chi connectivity index (χ0) is 17.8. The van der Waals surface area contributed by atoms with Crippen LogP contribution in [0, 0.1) is 0 Å². The van der Waals surface area contributed by atoms with Gasteiger partial charge in [0.2, 0.25) is 0 Å². The van der Waals surface area contributed by atoms with Gasteiger partial charge in [-0.1, -0.05) is 24.3 Å². The highest BCUT2D eigenvalue weighted by Gasteiger charge is 2.13. The molecule has 0 heterocycles. The molecular formula is C19H16N2O4. The van der Waals surface area contributed by atoms with Crippen LogP contribution in [-0.4, -0.2) is 29.4 Å². The van der Waals surface area contributed by atoms with E-state index in [0.29, 0.717) is 16.9 Å². The van der Waals surface area contributed by atoms with Crippen molar-refractivity contribution in [2.75, 3.05) is 7.11 Å². The highest BCUT2D eigenvalue weighted by molar-refractivity contribution is 6.02. The summed E-state index contributed by atoms with van der Waals surface area (Å²) in [6, 6.07) is 15.3. The van der Waals surface area contributed by atoms with Crippen molar-refractivity contribution in [1.29, 1.82) is 0 Å². The molecule has 3 aromatic rings. The van der Waals surface area contributed by atoms with Gasteiger partial charge in [-0.25, -0.2) is 5.43 Å². The predicted molar refractivity (Wildman–Crippen MR) is 95.3 cm³/mol. The Balaban J connectivity index is 1.83. The average molecular weight is 336 g/mol. The maximum absolute atomic E-state index is 12.4. The largest absolute Gasteiger partial charge is 0.508 e. The topological polar surface area (TPSA) is 91.2 Å². The lowest BCUT2D eigenvalue weighted by Crippen LogP contribution is -2.18.